The standard InChI is InChI=1S/C13H25N5/c1-3-6-12-9-17(8-5-7-14-12)10-13-15-11-16-18(13)4-2/h11-12,14H,3-10H2,1-2H3. The highest BCUT2D eigenvalue weighted by atomic mass is 15.3. The fraction of sp³-hybridized carbons (Fsp3) is 0.846. The van der Waals surface area contributed by atoms with Gasteiger partial charge < -0.3 is 5.32 Å². The minimum Gasteiger partial charge on any atom is -0.313 e. The summed E-state index contributed by atoms with van der Waals surface area (Å²) in [5, 5.41) is 7.88. The molecule has 0 radical (unpaired) electrons. The zero-order chi connectivity index (χ0) is 12.8. The molecule has 0 spiro atoms. The van der Waals surface area contributed by atoms with Crippen molar-refractivity contribution in [3.63, 3.8) is 0 Å². The quantitative estimate of drug-likeness (QED) is 0.856. The lowest BCUT2D eigenvalue weighted by molar-refractivity contribution is 0.244. The smallest absolute Gasteiger partial charge is 0.140 e. The van der Waals surface area contributed by atoms with Gasteiger partial charge in [-0.2, -0.15) is 5.10 Å². The molecule has 2 heterocycles. The Labute approximate surface area is 110 Å². The third kappa shape index (κ3) is 3.53. The molecule has 1 aliphatic heterocycles. The molecule has 1 atom stereocenters. The third-order valence-corrected chi connectivity index (χ3v) is 3.56. The van der Waals surface area contributed by atoms with E-state index in [1.807, 2.05) is 4.68 Å². The molecule has 1 N–H and O–H groups in total. The van der Waals surface area contributed by atoms with Crippen molar-refractivity contribution in [2.75, 3.05) is 19.6 Å². The van der Waals surface area contributed by atoms with Gasteiger partial charge in [0.05, 0.1) is 6.54 Å². The largest absolute Gasteiger partial charge is 0.313 e. The second-order valence-electron chi connectivity index (χ2n) is 5.02. The Bertz CT molecular complexity index is 349. The predicted octanol–water partition coefficient (Wildman–Crippen LogP) is 1.26. The Morgan fingerprint density at radius 1 is 1.44 bits per heavy atom. The second kappa shape index (κ2) is 6.85. The molecule has 0 bridgehead atoms. The van der Waals surface area contributed by atoms with E-state index >= 15 is 0 Å². The molecule has 0 aromatic carbocycles. The molecule has 1 fully saturated rings. The zero-order valence-corrected chi connectivity index (χ0v) is 11.6. The van der Waals surface area contributed by atoms with E-state index in [1.165, 1.54) is 19.3 Å². The van der Waals surface area contributed by atoms with E-state index in [2.05, 4.69) is 34.1 Å². The number of nitrogens with zero attached hydrogens (tertiary/aromatic N) is 4. The third-order valence-electron chi connectivity index (χ3n) is 3.56. The lowest BCUT2D eigenvalue weighted by atomic mass is 10.1. The summed E-state index contributed by atoms with van der Waals surface area (Å²) in [6, 6.07) is 0.635. The summed E-state index contributed by atoms with van der Waals surface area (Å²) in [4.78, 5) is 6.88. The zero-order valence-electron chi connectivity index (χ0n) is 11.6. The maximum atomic E-state index is 4.37. The van der Waals surface area contributed by atoms with E-state index in [1.54, 1.807) is 6.33 Å². The van der Waals surface area contributed by atoms with Crippen LogP contribution in [0.15, 0.2) is 6.33 Å². The molecule has 0 saturated carbocycles. The Kier molecular flexibility index (Phi) is 5.13. The highest BCUT2D eigenvalue weighted by molar-refractivity contribution is 4.86. The average Bonchev–Trinajstić information content (AvgIpc) is 2.69. The monoisotopic (exact) mass is 251 g/mol. The average molecular weight is 251 g/mol. The topological polar surface area (TPSA) is 46.0 Å². The van der Waals surface area contributed by atoms with E-state index in [0.29, 0.717) is 6.04 Å². The Hall–Kier alpha value is -0.940. The maximum absolute atomic E-state index is 4.37. The van der Waals surface area contributed by atoms with Crippen LogP contribution >= 0.6 is 0 Å². The fourth-order valence-electron chi connectivity index (χ4n) is 2.64. The molecular formula is C13H25N5. The number of hydrogen-bond acceptors (Lipinski definition) is 4. The molecule has 18 heavy (non-hydrogen) atoms. The van der Waals surface area contributed by atoms with Crippen molar-refractivity contribution < 1.29 is 0 Å². The molecule has 1 unspecified atom stereocenters. The highest BCUT2D eigenvalue weighted by Gasteiger charge is 2.18. The Morgan fingerprint density at radius 2 is 2.33 bits per heavy atom. The van der Waals surface area contributed by atoms with E-state index in [-0.39, 0.29) is 0 Å². The summed E-state index contributed by atoms with van der Waals surface area (Å²) in [7, 11) is 0. The summed E-state index contributed by atoms with van der Waals surface area (Å²) < 4.78 is 1.99. The first-order chi connectivity index (χ1) is 8.83. The van der Waals surface area contributed by atoms with Crippen LogP contribution in [0.4, 0.5) is 0 Å². The molecule has 5 nitrogen and oxygen atoms in total. The summed E-state index contributed by atoms with van der Waals surface area (Å²) in [5.74, 6) is 1.09. The summed E-state index contributed by atoms with van der Waals surface area (Å²) in [6.45, 7) is 9.62. The lowest BCUT2D eigenvalue weighted by Gasteiger charge is -2.23. The molecule has 1 aromatic heterocycles. The van der Waals surface area contributed by atoms with Crippen molar-refractivity contribution in [3.05, 3.63) is 12.2 Å². The van der Waals surface area contributed by atoms with Crippen LogP contribution in [0.3, 0.4) is 0 Å². The van der Waals surface area contributed by atoms with Gasteiger partial charge in [-0.25, -0.2) is 9.67 Å². The highest BCUT2D eigenvalue weighted by Crippen LogP contribution is 2.09. The van der Waals surface area contributed by atoms with Crippen molar-refractivity contribution in [3.8, 4) is 0 Å². The minimum absolute atomic E-state index is 0.635. The predicted molar refractivity (Wildman–Crippen MR) is 72.3 cm³/mol. The molecule has 2 rings (SSSR count). The van der Waals surface area contributed by atoms with Gasteiger partial charge in [0, 0.05) is 19.1 Å². The van der Waals surface area contributed by atoms with E-state index in [0.717, 1.165) is 38.5 Å². The van der Waals surface area contributed by atoms with E-state index in [4.69, 9.17) is 0 Å². The second-order valence-corrected chi connectivity index (χ2v) is 5.02. The summed E-state index contributed by atoms with van der Waals surface area (Å²) >= 11 is 0. The summed E-state index contributed by atoms with van der Waals surface area (Å²) in [6.07, 6.45) is 5.40. The van der Waals surface area contributed by atoms with Crippen LogP contribution in [-0.2, 0) is 13.1 Å². The number of aryl methyl sites for hydroxylation is 1. The number of aromatic nitrogens is 3. The van der Waals surface area contributed by atoms with Gasteiger partial charge in [-0.15, -0.1) is 0 Å². The van der Waals surface area contributed by atoms with Gasteiger partial charge in [-0.1, -0.05) is 13.3 Å². The number of hydrogen-bond donors (Lipinski definition) is 1. The van der Waals surface area contributed by atoms with Gasteiger partial charge in [-0.3, -0.25) is 4.90 Å². The maximum Gasteiger partial charge on any atom is 0.140 e. The van der Waals surface area contributed by atoms with E-state index in [9.17, 15) is 0 Å². The molecule has 5 heteroatoms. The first-order valence-electron chi connectivity index (χ1n) is 7.16. The van der Waals surface area contributed by atoms with Gasteiger partial charge in [0.2, 0.25) is 0 Å². The van der Waals surface area contributed by atoms with Crippen LogP contribution in [0.1, 0.15) is 38.9 Å². The first kappa shape index (κ1) is 13.5. The lowest BCUT2D eigenvalue weighted by Crippen LogP contribution is -2.37. The normalized spacial score (nSPS) is 22.0. The Morgan fingerprint density at radius 3 is 3.11 bits per heavy atom. The molecule has 0 aliphatic carbocycles. The molecule has 0 amide bonds. The van der Waals surface area contributed by atoms with Gasteiger partial charge in [0.1, 0.15) is 12.2 Å². The SMILES string of the molecule is CCCC1CN(Cc2ncnn2CC)CCCN1. The van der Waals surface area contributed by atoms with Crippen molar-refractivity contribution in [2.45, 2.75) is 52.2 Å². The number of nitrogens with one attached hydrogen (secondary N) is 1. The van der Waals surface area contributed by atoms with Gasteiger partial charge >= 0.3 is 0 Å². The van der Waals surface area contributed by atoms with Crippen molar-refractivity contribution in [1.29, 1.82) is 0 Å². The molecule has 1 aromatic rings. The van der Waals surface area contributed by atoms with Crippen LogP contribution in [-0.4, -0.2) is 45.3 Å². The molecule has 102 valence electrons. The van der Waals surface area contributed by atoms with Crippen LogP contribution in [0, 0.1) is 0 Å². The first-order valence-corrected chi connectivity index (χ1v) is 7.16. The Balaban J connectivity index is 1.94. The summed E-state index contributed by atoms with van der Waals surface area (Å²) in [5.41, 5.74) is 0. The van der Waals surface area contributed by atoms with Crippen molar-refractivity contribution in [1.82, 2.24) is 25.0 Å². The minimum atomic E-state index is 0.635. The van der Waals surface area contributed by atoms with Gasteiger partial charge in [0.25, 0.3) is 0 Å². The fourth-order valence-corrected chi connectivity index (χ4v) is 2.64. The van der Waals surface area contributed by atoms with Crippen LogP contribution in [0.25, 0.3) is 0 Å². The van der Waals surface area contributed by atoms with Crippen LogP contribution in [0.5, 0.6) is 0 Å². The molecular weight excluding hydrogens is 226 g/mol. The van der Waals surface area contributed by atoms with E-state index < -0.39 is 0 Å². The van der Waals surface area contributed by atoms with Gasteiger partial charge in [-0.05, 0) is 32.9 Å². The van der Waals surface area contributed by atoms with Gasteiger partial charge in [0.15, 0.2) is 0 Å². The van der Waals surface area contributed by atoms with Crippen molar-refractivity contribution in [2.24, 2.45) is 0 Å². The van der Waals surface area contributed by atoms with Crippen molar-refractivity contribution >= 4 is 0 Å². The van der Waals surface area contributed by atoms with Crippen LogP contribution in [0.2, 0.25) is 0 Å². The number of rotatable bonds is 5. The van der Waals surface area contributed by atoms with Crippen LogP contribution < -0.4 is 5.32 Å². The molecule has 1 aliphatic rings. The molecule has 1 saturated heterocycles.